The molecule has 30 heteroatoms. The van der Waals surface area contributed by atoms with Gasteiger partial charge in [0.15, 0.2) is 32.0 Å². The number of hydrogen-bond acceptors (Lipinski definition) is 21. The number of hydrogen-bond donors (Lipinski definition) is 3. The normalized spacial score (nSPS) is 11.0. The van der Waals surface area contributed by atoms with Crippen molar-refractivity contribution in [3.63, 3.8) is 0 Å². The van der Waals surface area contributed by atoms with Gasteiger partial charge in [0.05, 0.1) is 19.0 Å². The fourth-order valence-electron chi connectivity index (χ4n) is 4.68. The smallest absolute Gasteiger partial charge is 0.358 e. The summed E-state index contributed by atoms with van der Waals surface area (Å²) in [5.41, 5.74) is 3.47. The molecular formula is C27H21N21O6S3. The Kier molecular flexibility index (Phi) is 10.7. The Morgan fingerprint density at radius 3 is 1.00 bits per heavy atom. The summed E-state index contributed by atoms with van der Waals surface area (Å²) in [6, 6.07) is 0. The molecule has 0 aromatic carbocycles. The second kappa shape index (κ2) is 16.1. The van der Waals surface area contributed by atoms with Gasteiger partial charge in [-0.3, -0.25) is 0 Å². The highest BCUT2D eigenvalue weighted by molar-refractivity contribution is 8.00. The predicted octanol–water partition coefficient (Wildman–Crippen LogP) is 3.44. The maximum atomic E-state index is 10.9. The molecule has 0 amide bonds. The van der Waals surface area contributed by atoms with Crippen molar-refractivity contribution in [1.29, 1.82) is 0 Å². The molecule has 0 aliphatic carbocycles. The molecular weight excluding hydrogens is 811 g/mol. The molecule has 0 radical (unpaired) electrons. The average Bonchev–Trinajstić information content (AvgIpc) is 4.05. The van der Waals surface area contributed by atoms with Crippen molar-refractivity contribution < 1.29 is 14.8 Å². The highest BCUT2D eigenvalue weighted by Gasteiger charge is 2.25. The Labute approximate surface area is 327 Å². The van der Waals surface area contributed by atoms with Crippen molar-refractivity contribution in [2.24, 2.45) is 21.1 Å². The summed E-state index contributed by atoms with van der Waals surface area (Å²) in [5, 5.41) is 35.6. The second-order valence-corrected chi connectivity index (χ2v) is 13.8. The zero-order chi connectivity index (χ0) is 40.2. The van der Waals surface area contributed by atoms with Gasteiger partial charge in [0.25, 0.3) is 0 Å². The number of fused-ring (bicyclic) bond motifs is 3. The number of aryl methyl sites for hydroxylation is 3. The Morgan fingerprint density at radius 1 is 0.456 bits per heavy atom. The van der Waals surface area contributed by atoms with Crippen molar-refractivity contribution in [2.45, 2.75) is 30.2 Å². The van der Waals surface area contributed by atoms with Gasteiger partial charge in [0, 0.05) is 21.1 Å². The first kappa shape index (κ1) is 37.8. The molecule has 0 aliphatic heterocycles. The molecule has 9 heterocycles. The topological polar surface area (TPSA) is 346 Å². The lowest BCUT2D eigenvalue weighted by molar-refractivity contribution is -0.392. The lowest BCUT2D eigenvalue weighted by atomic mass is 10.6. The summed E-state index contributed by atoms with van der Waals surface area (Å²) in [5.74, 6) is -0.587. The van der Waals surface area contributed by atoms with Crippen molar-refractivity contribution >= 4 is 86.2 Å². The summed E-state index contributed by atoms with van der Waals surface area (Å²) in [6.45, 7) is 0. The van der Waals surface area contributed by atoms with Crippen LogP contribution in [-0.2, 0) is 21.1 Å². The first-order chi connectivity index (χ1) is 27.5. The van der Waals surface area contributed by atoms with Gasteiger partial charge >= 0.3 is 17.5 Å². The lowest BCUT2D eigenvalue weighted by Crippen LogP contribution is -1.95. The number of nitrogens with zero attached hydrogens (tertiary/aromatic N) is 18. The lowest BCUT2D eigenvalue weighted by Gasteiger charge is -2.01. The van der Waals surface area contributed by atoms with Crippen LogP contribution in [0.2, 0.25) is 0 Å². The van der Waals surface area contributed by atoms with Crippen LogP contribution in [-0.4, -0.2) is 103 Å². The van der Waals surface area contributed by atoms with Crippen molar-refractivity contribution in [1.82, 2.24) is 88.5 Å². The molecule has 0 aliphatic rings. The third-order valence-electron chi connectivity index (χ3n) is 7.26. The molecule has 0 spiro atoms. The van der Waals surface area contributed by atoms with Crippen LogP contribution in [0.15, 0.2) is 87.1 Å². The third kappa shape index (κ3) is 7.87. The molecule has 0 fully saturated rings. The molecule has 27 nitrogen and oxygen atoms in total. The van der Waals surface area contributed by atoms with Crippen LogP contribution in [0.4, 0.5) is 17.5 Å². The van der Waals surface area contributed by atoms with Gasteiger partial charge in [-0.05, 0) is 65.0 Å². The van der Waals surface area contributed by atoms with Crippen LogP contribution in [0.25, 0.3) is 33.5 Å². The van der Waals surface area contributed by atoms with Crippen molar-refractivity contribution in [2.75, 3.05) is 0 Å². The highest BCUT2D eigenvalue weighted by Crippen LogP contribution is 2.37. The van der Waals surface area contributed by atoms with E-state index in [4.69, 9.17) is 0 Å². The van der Waals surface area contributed by atoms with E-state index in [-0.39, 0.29) is 17.5 Å². The number of H-pyrrole nitrogens is 3. The van der Waals surface area contributed by atoms with Gasteiger partial charge < -0.3 is 59.0 Å². The van der Waals surface area contributed by atoms with Gasteiger partial charge in [-0.2, -0.15) is 0 Å². The van der Waals surface area contributed by atoms with E-state index in [1.54, 1.807) is 34.8 Å². The van der Waals surface area contributed by atoms with E-state index in [1.807, 2.05) is 0 Å². The van der Waals surface area contributed by atoms with Gasteiger partial charge in [-0.25, -0.2) is 44.9 Å². The van der Waals surface area contributed by atoms with E-state index < -0.39 is 14.8 Å². The molecule has 0 unspecified atom stereocenters. The molecule has 0 saturated carbocycles. The summed E-state index contributed by atoms with van der Waals surface area (Å²) in [7, 11) is 5.06. The molecule has 3 N–H and O–H groups in total. The zero-order valence-corrected chi connectivity index (χ0v) is 31.4. The maximum Gasteiger partial charge on any atom is 0.396 e. The van der Waals surface area contributed by atoms with Crippen LogP contribution in [0.5, 0.6) is 0 Å². The van der Waals surface area contributed by atoms with Gasteiger partial charge in [-0.15, -0.1) is 0 Å². The van der Waals surface area contributed by atoms with E-state index in [0.29, 0.717) is 63.6 Å². The number of aromatic nitrogens is 18. The van der Waals surface area contributed by atoms with E-state index in [1.165, 1.54) is 56.9 Å². The Balaban J connectivity index is 0.000000131. The van der Waals surface area contributed by atoms with Crippen molar-refractivity contribution in [3.05, 3.63) is 87.3 Å². The Bertz CT molecular complexity index is 2600. The second-order valence-electron chi connectivity index (χ2n) is 10.9. The number of nitrogens with one attached hydrogen (secondary N) is 3. The van der Waals surface area contributed by atoms with E-state index in [2.05, 4.69) is 74.8 Å². The minimum absolute atomic E-state index is 0.196. The zero-order valence-electron chi connectivity index (χ0n) is 28.9. The monoisotopic (exact) mass is 831 g/mol. The SMILES string of the molecule is Cn1cnc([N+](=O)[O-])c1Sc1ncnc2nc[nH]c12.Cn1cnc([N+](=O)[O-])c1Sc1ncnc2nc[nH]c12.Cn1cnc([N+](=O)[O-])c1Sc1ncnc2nc[nH]c12. The fraction of sp³-hybridized carbons (Fsp3) is 0.111. The van der Waals surface area contributed by atoms with Crippen LogP contribution in [0, 0.1) is 30.3 Å². The molecule has 9 aromatic heterocycles. The molecule has 9 aromatic rings. The Hall–Kier alpha value is -7.47. The number of imidazole rings is 6. The van der Waals surface area contributed by atoms with Crippen molar-refractivity contribution in [3.8, 4) is 0 Å². The van der Waals surface area contributed by atoms with Crippen LogP contribution >= 0.6 is 35.3 Å². The minimum atomic E-state index is -0.520. The molecule has 57 heavy (non-hydrogen) atoms. The quantitative estimate of drug-likeness (QED) is 0.106. The molecule has 0 saturated heterocycles. The highest BCUT2D eigenvalue weighted by atomic mass is 32.2. The fourth-order valence-corrected chi connectivity index (χ4v) is 7.52. The molecule has 288 valence electrons. The van der Waals surface area contributed by atoms with Gasteiger partial charge in [0.2, 0.25) is 19.0 Å². The first-order valence-corrected chi connectivity index (χ1v) is 17.9. The van der Waals surface area contributed by atoms with Crippen LogP contribution in [0.1, 0.15) is 0 Å². The average molecular weight is 832 g/mol. The standard InChI is InChI=1S/3C9H7N7O2S/c3*1-15-4-14-7(16(17)18)9(15)19-8-5-6(11-2-10-5)12-3-13-8/h3*2-4H,1H3,(H,10,11,12,13). The summed E-state index contributed by atoms with van der Waals surface area (Å²) in [4.78, 5) is 87.5. The summed E-state index contributed by atoms with van der Waals surface area (Å²) >= 11 is 3.44. The van der Waals surface area contributed by atoms with Gasteiger partial charge in [-0.1, -0.05) is 0 Å². The van der Waals surface area contributed by atoms with Gasteiger partial charge in [0.1, 0.15) is 50.6 Å². The number of nitro groups is 3. The first-order valence-electron chi connectivity index (χ1n) is 15.4. The minimum Gasteiger partial charge on any atom is -0.358 e. The molecule has 0 bridgehead atoms. The predicted molar refractivity (Wildman–Crippen MR) is 197 cm³/mol. The maximum absolute atomic E-state index is 10.9. The molecule has 0 atom stereocenters. The largest absolute Gasteiger partial charge is 0.396 e. The third-order valence-corrected chi connectivity index (χ3v) is 10.8. The van der Waals surface area contributed by atoms with E-state index >= 15 is 0 Å². The number of rotatable bonds is 9. The summed E-state index contributed by atoms with van der Waals surface area (Å²) < 4.78 is 4.73. The van der Waals surface area contributed by atoms with Crippen LogP contribution in [0.3, 0.4) is 0 Å². The van der Waals surface area contributed by atoms with E-state index in [9.17, 15) is 30.3 Å². The van der Waals surface area contributed by atoms with E-state index in [0.717, 1.165) is 35.3 Å². The Morgan fingerprint density at radius 2 is 0.737 bits per heavy atom. The number of aromatic amines is 3. The molecule has 9 rings (SSSR count). The van der Waals surface area contributed by atoms with Crippen LogP contribution < -0.4 is 0 Å². The summed E-state index contributed by atoms with van der Waals surface area (Å²) in [6.07, 6.45) is 12.8.